The van der Waals surface area contributed by atoms with Crippen LogP contribution in [0.1, 0.15) is 117 Å². The van der Waals surface area contributed by atoms with E-state index in [1.54, 1.807) is 18.2 Å². The first-order chi connectivity index (χ1) is 18.3. The van der Waals surface area contributed by atoms with Gasteiger partial charge in [-0.2, -0.15) is 0 Å². The summed E-state index contributed by atoms with van der Waals surface area (Å²) in [5, 5.41) is 9.05. The molecule has 38 heavy (non-hydrogen) atoms. The van der Waals surface area contributed by atoms with E-state index in [0.717, 1.165) is 25.7 Å². The number of primary amides is 1. The lowest BCUT2D eigenvalue weighted by Crippen LogP contribution is -2.47. The van der Waals surface area contributed by atoms with Crippen molar-refractivity contribution in [2.75, 3.05) is 4.90 Å². The summed E-state index contributed by atoms with van der Waals surface area (Å²) in [6, 6.07) is 3.93. The summed E-state index contributed by atoms with van der Waals surface area (Å²) in [7, 11) is 0. The van der Waals surface area contributed by atoms with Crippen LogP contribution in [0.4, 0.5) is 5.82 Å². The van der Waals surface area contributed by atoms with Gasteiger partial charge in [-0.3, -0.25) is 19.3 Å². The largest absolute Gasteiger partial charge is 0.481 e. The fourth-order valence-electron chi connectivity index (χ4n) is 4.54. The minimum absolute atomic E-state index is 0.0863. The van der Waals surface area contributed by atoms with Gasteiger partial charge in [-0.1, -0.05) is 77.2 Å². The Bertz CT molecular complexity index is 833. The molecule has 0 unspecified atom stereocenters. The summed E-state index contributed by atoms with van der Waals surface area (Å²) in [5.41, 5.74) is 5.42. The number of hydrogen-bond donors (Lipinski definition) is 2. The number of carboxylic acid groups (broad SMARTS) is 1. The van der Waals surface area contributed by atoms with Crippen molar-refractivity contribution in [3.05, 3.63) is 24.4 Å². The fourth-order valence-corrected chi connectivity index (χ4v) is 4.54. The molecule has 1 rings (SSSR count). The summed E-state index contributed by atoms with van der Waals surface area (Å²) >= 11 is 0. The lowest BCUT2D eigenvalue weighted by Gasteiger charge is -2.30. The Morgan fingerprint density at radius 1 is 0.921 bits per heavy atom. The number of nitrogens with two attached hydrogens (primary N) is 1. The molecule has 0 spiro atoms. The first kappa shape index (κ1) is 33.1. The molecule has 0 bridgehead atoms. The van der Waals surface area contributed by atoms with Crippen LogP contribution < -0.4 is 10.6 Å². The molecule has 1 aromatic heterocycles. The highest BCUT2D eigenvalue weighted by atomic mass is 16.5. The van der Waals surface area contributed by atoms with Gasteiger partial charge in [0.1, 0.15) is 18.0 Å². The molecule has 0 aliphatic rings. The van der Waals surface area contributed by atoms with E-state index in [9.17, 15) is 19.2 Å². The standard InChI is InChI=1S/C29H47N3O6/c1-3-4-5-6-7-8-9-10-11-12-13-17-24(22-26(30)34)38-29(37)25(18-16-20-28(35)36)32(23(2)33)27-19-14-15-21-31-27/h14-15,19,21,24-25H,3-13,16-18,20,22H2,1-2H3,(H2,30,34)(H,35,36)/t24-,25-/m0/s1. The molecule has 0 aliphatic carbocycles. The number of anilines is 1. The maximum absolute atomic E-state index is 13.3. The van der Waals surface area contributed by atoms with E-state index < -0.39 is 35.9 Å². The van der Waals surface area contributed by atoms with Gasteiger partial charge in [0.15, 0.2) is 0 Å². The number of amides is 2. The number of unbranched alkanes of at least 4 members (excludes halogenated alkanes) is 10. The molecule has 0 aliphatic heterocycles. The zero-order valence-corrected chi connectivity index (χ0v) is 23.2. The molecule has 0 saturated heterocycles. The predicted molar refractivity (Wildman–Crippen MR) is 147 cm³/mol. The van der Waals surface area contributed by atoms with Gasteiger partial charge in [0.25, 0.3) is 0 Å². The molecule has 0 saturated carbocycles. The number of carbonyl (C=O) groups excluding carboxylic acids is 3. The van der Waals surface area contributed by atoms with Crippen LogP contribution in [0.3, 0.4) is 0 Å². The molecular formula is C29H47N3O6. The third kappa shape index (κ3) is 14.7. The summed E-state index contributed by atoms with van der Waals surface area (Å²) in [6.07, 6.45) is 14.3. The number of hydrogen-bond acceptors (Lipinski definition) is 6. The van der Waals surface area contributed by atoms with Gasteiger partial charge in [-0.05, 0) is 37.8 Å². The van der Waals surface area contributed by atoms with Gasteiger partial charge in [-0.15, -0.1) is 0 Å². The van der Waals surface area contributed by atoms with Crippen LogP contribution in [0.15, 0.2) is 24.4 Å². The van der Waals surface area contributed by atoms with E-state index >= 15 is 0 Å². The van der Waals surface area contributed by atoms with Crippen LogP contribution in [0, 0.1) is 0 Å². The van der Waals surface area contributed by atoms with Crippen LogP contribution in [-0.4, -0.2) is 46.0 Å². The van der Waals surface area contributed by atoms with Crippen LogP contribution in [0.2, 0.25) is 0 Å². The Balaban J connectivity index is 2.70. The van der Waals surface area contributed by atoms with Crippen LogP contribution in [0.5, 0.6) is 0 Å². The summed E-state index contributed by atoms with van der Waals surface area (Å²) < 4.78 is 5.72. The molecule has 0 radical (unpaired) electrons. The van der Waals surface area contributed by atoms with Crippen molar-refractivity contribution in [3.8, 4) is 0 Å². The van der Waals surface area contributed by atoms with Crippen molar-refractivity contribution < 1.29 is 29.0 Å². The molecule has 9 heteroatoms. The minimum atomic E-state index is -1.06. The van der Waals surface area contributed by atoms with Crippen molar-refractivity contribution in [2.45, 2.75) is 129 Å². The first-order valence-electron chi connectivity index (χ1n) is 14.2. The molecule has 2 amide bonds. The molecule has 1 heterocycles. The number of carbonyl (C=O) groups is 4. The Morgan fingerprint density at radius 3 is 2.03 bits per heavy atom. The number of carboxylic acids is 1. The maximum atomic E-state index is 13.3. The van der Waals surface area contributed by atoms with Gasteiger partial charge >= 0.3 is 11.9 Å². The Hall–Kier alpha value is -2.97. The Morgan fingerprint density at radius 2 is 1.53 bits per heavy atom. The van der Waals surface area contributed by atoms with E-state index in [0.29, 0.717) is 6.42 Å². The van der Waals surface area contributed by atoms with Gasteiger partial charge < -0.3 is 15.6 Å². The number of pyridine rings is 1. The van der Waals surface area contributed by atoms with Gasteiger partial charge in [0.05, 0.1) is 6.42 Å². The first-order valence-corrected chi connectivity index (χ1v) is 14.2. The van der Waals surface area contributed by atoms with E-state index in [2.05, 4.69) is 11.9 Å². The van der Waals surface area contributed by atoms with Crippen molar-refractivity contribution >= 4 is 29.6 Å². The third-order valence-corrected chi connectivity index (χ3v) is 6.53. The average Bonchev–Trinajstić information content (AvgIpc) is 2.86. The number of esters is 1. The molecule has 9 nitrogen and oxygen atoms in total. The summed E-state index contributed by atoms with van der Waals surface area (Å²) in [4.78, 5) is 53.9. The summed E-state index contributed by atoms with van der Waals surface area (Å²) in [5.74, 6) is -2.40. The maximum Gasteiger partial charge on any atom is 0.329 e. The fraction of sp³-hybridized carbons (Fsp3) is 0.690. The molecule has 214 valence electrons. The number of ether oxygens (including phenoxy) is 1. The molecular weight excluding hydrogens is 486 g/mol. The predicted octanol–water partition coefficient (Wildman–Crippen LogP) is 5.55. The molecule has 3 N–H and O–H groups in total. The van der Waals surface area contributed by atoms with Gasteiger partial charge in [0.2, 0.25) is 11.8 Å². The monoisotopic (exact) mass is 533 g/mol. The molecule has 1 aromatic rings. The Labute approximate surface area is 227 Å². The second-order valence-corrected chi connectivity index (χ2v) is 9.93. The highest BCUT2D eigenvalue weighted by Crippen LogP contribution is 2.22. The molecule has 0 aromatic carbocycles. The topological polar surface area (TPSA) is 140 Å². The zero-order chi connectivity index (χ0) is 28.2. The lowest BCUT2D eigenvalue weighted by atomic mass is 10.0. The van der Waals surface area contributed by atoms with Gasteiger partial charge in [-0.25, -0.2) is 9.78 Å². The average molecular weight is 534 g/mol. The quantitative estimate of drug-likeness (QED) is 0.147. The van der Waals surface area contributed by atoms with Gasteiger partial charge in [0, 0.05) is 19.5 Å². The second kappa shape index (κ2) is 20.1. The lowest BCUT2D eigenvalue weighted by molar-refractivity contribution is -0.153. The number of nitrogens with zero attached hydrogens (tertiary/aromatic N) is 2. The van der Waals surface area contributed by atoms with Crippen molar-refractivity contribution in [1.82, 2.24) is 4.98 Å². The zero-order valence-electron chi connectivity index (χ0n) is 23.2. The minimum Gasteiger partial charge on any atom is -0.481 e. The van der Waals surface area contributed by atoms with E-state index in [4.69, 9.17) is 15.6 Å². The molecule has 2 atom stereocenters. The Kier molecular flexibility index (Phi) is 17.4. The van der Waals surface area contributed by atoms with Crippen LogP contribution >= 0.6 is 0 Å². The second-order valence-electron chi connectivity index (χ2n) is 9.93. The number of aliphatic carboxylic acids is 1. The van der Waals surface area contributed by atoms with Crippen LogP contribution in [0.25, 0.3) is 0 Å². The number of aromatic nitrogens is 1. The van der Waals surface area contributed by atoms with E-state index in [1.165, 1.54) is 63.0 Å². The number of rotatable bonds is 22. The molecule has 0 fully saturated rings. The normalized spacial score (nSPS) is 12.5. The summed E-state index contributed by atoms with van der Waals surface area (Å²) in [6.45, 7) is 3.54. The van der Waals surface area contributed by atoms with E-state index in [1.807, 2.05) is 0 Å². The van der Waals surface area contributed by atoms with E-state index in [-0.39, 0.29) is 31.5 Å². The highest BCUT2D eigenvalue weighted by molar-refractivity contribution is 5.97. The van der Waals surface area contributed by atoms with Crippen molar-refractivity contribution in [1.29, 1.82) is 0 Å². The van der Waals surface area contributed by atoms with Crippen molar-refractivity contribution in [3.63, 3.8) is 0 Å². The smallest absolute Gasteiger partial charge is 0.329 e. The van der Waals surface area contributed by atoms with Crippen LogP contribution in [-0.2, 0) is 23.9 Å². The highest BCUT2D eigenvalue weighted by Gasteiger charge is 2.33. The third-order valence-electron chi connectivity index (χ3n) is 6.53. The SMILES string of the molecule is CCCCCCCCCCCCC[C@@H](CC(N)=O)OC(=O)[C@H](CCCC(=O)O)N(C(C)=O)c1ccccn1. The van der Waals surface area contributed by atoms with Crippen molar-refractivity contribution in [2.24, 2.45) is 5.73 Å².